The highest BCUT2D eigenvalue weighted by atomic mass is 19.4. The minimum atomic E-state index is -4.99. The number of aryl methyl sites for hydroxylation is 1. The molecule has 1 aromatic carbocycles. The van der Waals surface area contributed by atoms with E-state index in [-0.39, 0.29) is 0 Å². The SMILES string of the molecule is Cn1cc(C(=O)Nc2cc(C(F)(F)F)ccc2C(=O)O)c(C(F)(F)F)n1. The monoisotopic (exact) mass is 381 g/mol. The fraction of sp³-hybridized carbons (Fsp3) is 0.214. The summed E-state index contributed by atoms with van der Waals surface area (Å²) in [7, 11) is 1.11. The molecular weight excluding hydrogens is 372 g/mol. The van der Waals surface area contributed by atoms with Crippen molar-refractivity contribution in [3.8, 4) is 0 Å². The first-order chi connectivity index (χ1) is 11.8. The Hall–Kier alpha value is -3.05. The predicted octanol–water partition coefficient (Wildman–Crippen LogP) is 3.41. The van der Waals surface area contributed by atoms with Gasteiger partial charge in [-0.15, -0.1) is 0 Å². The maximum absolute atomic E-state index is 12.9. The zero-order chi connectivity index (χ0) is 19.9. The lowest BCUT2D eigenvalue weighted by molar-refractivity contribution is -0.141. The Morgan fingerprint density at radius 1 is 1.08 bits per heavy atom. The molecular formula is C14H9F6N3O3. The van der Waals surface area contributed by atoms with Crippen molar-refractivity contribution in [1.82, 2.24) is 9.78 Å². The van der Waals surface area contributed by atoms with Gasteiger partial charge in [-0.05, 0) is 18.2 Å². The number of hydrogen-bond acceptors (Lipinski definition) is 3. The van der Waals surface area contributed by atoms with E-state index >= 15 is 0 Å². The topological polar surface area (TPSA) is 84.2 Å². The molecule has 1 amide bonds. The molecule has 0 saturated heterocycles. The van der Waals surface area contributed by atoms with E-state index in [9.17, 15) is 35.9 Å². The zero-order valence-electron chi connectivity index (χ0n) is 12.7. The van der Waals surface area contributed by atoms with Gasteiger partial charge in [0, 0.05) is 13.2 Å². The van der Waals surface area contributed by atoms with Gasteiger partial charge in [-0.3, -0.25) is 9.48 Å². The van der Waals surface area contributed by atoms with Crippen LogP contribution < -0.4 is 5.32 Å². The van der Waals surface area contributed by atoms with Crippen molar-refractivity contribution in [2.75, 3.05) is 5.32 Å². The first-order valence-electron chi connectivity index (χ1n) is 6.67. The molecule has 2 rings (SSSR count). The van der Waals surface area contributed by atoms with Crippen LogP contribution in [0.15, 0.2) is 24.4 Å². The molecule has 1 aromatic heterocycles. The molecule has 0 aliphatic rings. The van der Waals surface area contributed by atoms with Gasteiger partial charge in [0.1, 0.15) is 0 Å². The third-order valence-electron chi connectivity index (χ3n) is 3.17. The molecule has 0 aliphatic carbocycles. The number of hydrogen-bond donors (Lipinski definition) is 2. The minimum absolute atomic E-state index is 0.324. The molecule has 26 heavy (non-hydrogen) atoms. The standard InChI is InChI=1S/C14H9F6N3O3/c1-23-5-8(10(22-23)14(18,19)20)11(24)21-9-4-6(13(15,16)17)2-3-7(9)12(25)26/h2-5H,1H3,(H,21,24)(H,25,26). The predicted molar refractivity (Wildman–Crippen MR) is 74.6 cm³/mol. The molecule has 0 radical (unpaired) electrons. The molecule has 140 valence electrons. The van der Waals surface area contributed by atoms with E-state index in [0.717, 1.165) is 7.05 Å². The molecule has 0 bridgehead atoms. The van der Waals surface area contributed by atoms with Crippen LogP contribution in [0.4, 0.5) is 32.0 Å². The van der Waals surface area contributed by atoms with Crippen molar-refractivity contribution in [3.05, 3.63) is 46.8 Å². The summed E-state index contributed by atoms with van der Waals surface area (Å²) >= 11 is 0. The van der Waals surface area contributed by atoms with Crippen LogP contribution in [-0.2, 0) is 19.4 Å². The van der Waals surface area contributed by atoms with Gasteiger partial charge in [0.15, 0.2) is 5.69 Å². The lowest BCUT2D eigenvalue weighted by atomic mass is 10.1. The number of anilines is 1. The fourth-order valence-corrected chi connectivity index (χ4v) is 2.06. The second-order valence-electron chi connectivity index (χ2n) is 5.08. The van der Waals surface area contributed by atoms with Gasteiger partial charge in [-0.2, -0.15) is 31.4 Å². The van der Waals surface area contributed by atoms with Crippen LogP contribution >= 0.6 is 0 Å². The fourth-order valence-electron chi connectivity index (χ4n) is 2.06. The largest absolute Gasteiger partial charge is 0.478 e. The second kappa shape index (κ2) is 6.35. The summed E-state index contributed by atoms with van der Waals surface area (Å²) in [5.74, 6) is -3.12. The van der Waals surface area contributed by atoms with E-state index < -0.39 is 52.3 Å². The van der Waals surface area contributed by atoms with Crippen molar-refractivity contribution in [1.29, 1.82) is 0 Å². The number of carboxylic acids is 1. The summed E-state index contributed by atoms with van der Waals surface area (Å²) in [4.78, 5) is 23.2. The quantitative estimate of drug-likeness (QED) is 0.799. The average molecular weight is 381 g/mol. The number of aromatic nitrogens is 2. The number of nitrogens with zero attached hydrogens (tertiary/aromatic N) is 2. The number of rotatable bonds is 3. The Bertz CT molecular complexity index is 870. The second-order valence-corrected chi connectivity index (χ2v) is 5.08. The van der Waals surface area contributed by atoms with Crippen molar-refractivity contribution in [2.24, 2.45) is 7.05 Å². The van der Waals surface area contributed by atoms with E-state index in [1.807, 2.05) is 0 Å². The Labute approximate surface area is 141 Å². The minimum Gasteiger partial charge on any atom is -0.478 e. The van der Waals surface area contributed by atoms with Gasteiger partial charge in [-0.1, -0.05) is 0 Å². The zero-order valence-corrected chi connectivity index (χ0v) is 12.7. The molecule has 0 spiro atoms. The molecule has 1 heterocycles. The summed E-state index contributed by atoms with van der Waals surface area (Å²) in [5.41, 5.74) is -5.31. The number of alkyl halides is 6. The van der Waals surface area contributed by atoms with Gasteiger partial charge >= 0.3 is 18.3 Å². The molecule has 0 atom stereocenters. The van der Waals surface area contributed by atoms with E-state index in [1.54, 1.807) is 5.32 Å². The Balaban J connectivity index is 2.48. The number of carbonyl (C=O) groups is 2. The molecule has 2 N–H and O–H groups in total. The molecule has 12 heteroatoms. The summed E-state index contributed by atoms with van der Waals surface area (Å²) in [6, 6.07) is 1.39. The summed E-state index contributed by atoms with van der Waals surface area (Å²) in [6.45, 7) is 0. The summed E-state index contributed by atoms with van der Waals surface area (Å²) in [5, 5.41) is 13.9. The third kappa shape index (κ3) is 3.95. The van der Waals surface area contributed by atoms with Gasteiger partial charge in [0.05, 0.1) is 22.4 Å². The highest BCUT2D eigenvalue weighted by molar-refractivity contribution is 6.08. The lowest BCUT2D eigenvalue weighted by Gasteiger charge is -2.13. The average Bonchev–Trinajstić information content (AvgIpc) is 2.88. The van der Waals surface area contributed by atoms with Gasteiger partial charge in [-0.25, -0.2) is 4.79 Å². The van der Waals surface area contributed by atoms with Crippen LogP contribution in [0.25, 0.3) is 0 Å². The molecule has 0 aliphatic heterocycles. The van der Waals surface area contributed by atoms with Gasteiger partial charge in [0.25, 0.3) is 5.91 Å². The van der Waals surface area contributed by atoms with Crippen molar-refractivity contribution in [2.45, 2.75) is 12.4 Å². The van der Waals surface area contributed by atoms with E-state index in [4.69, 9.17) is 5.11 Å². The number of carboxylic acid groups (broad SMARTS) is 1. The van der Waals surface area contributed by atoms with Crippen LogP contribution in [0.2, 0.25) is 0 Å². The molecule has 0 unspecified atom stereocenters. The number of carbonyl (C=O) groups excluding carboxylic acids is 1. The van der Waals surface area contributed by atoms with Crippen LogP contribution in [0, 0.1) is 0 Å². The number of aromatic carboxylic acids is 1. The molecule has 0 fully saturated rings. The maximum atomic E-state index is 12.9. The number of nitrogens with one attached hydrogen (secondary N) is 1. The van der Waals surface area contributed by atoms with Crippen molar-refractivity contribution in [3.63, 3.8) is 0 Å². The smallest absolute Gasteiger partial charge is 0.435 e. The highest BCUT2D eigenvalue weighted by Gasteiger charge is 2.39. The van der Waals surface area contributed by atoms with Gasteiger partial charge < -0.3 is 10.4 Å². The first-order valence-corrected chi connectivity index (χ1v) is 6.67. The molecule has 0 saturated carbocycles. The lowest BCUT2D eigenvalue weighted by Crippen LogP contribution is -2.19. The summed E-state index contributed by atoms with van der Waals surface area (Å²) < 4.78 is 77.7. The Morgan fingerprint density at radius 2 is 1.69 bits per heavy atom. The Kier molecular flexibility index (Phi) is 4.71. The highest BCUT2D eigenvalue weighted by Crippen LogP contribution is 2.34. The molecule has 6 nitrogen and oxygen atoms in total. The van der Waals surface area contributed by atoms with Crippen LogP contribution in [0.5, 0.6) is 0 Å². The van der Waals surface area contributed by atoms with E-state index in [0.29, 0.717) is 29.1 Å². The maximum Gasteiger partial charge on any atom is 0.435 e. The van der Waals surface area contributed by atoms with E-state index in [2.05, 4.69) is 5.10 Å². The molecule has 2 aromatic rings. The summed E-state index contributed by atoms with van der Waals surface area (Å²) in [6.07, 6.45) is -9.12. The van der Waals surface area contributed by atoms with Crippen LogP contribution in [-0.4, -0.2) is 26.8 Å². The number of amides is 1. The Morgan fingerprint density at radius 3 is 2.19 bits per heavy atom. The van der Waals surface area contributed by atoms with Crippen molar-refractivity contribution >= 4 is 17.6 Å². The van der Waals surface area contributed by atoms with Crippen LogP contribution in [0.1, 0.15) is 32.0 Å². The normalized spacial score (nSPS) is 12.1. The van der Waals surface area contributed by atoms with Crippen molar-refractivity contribution < 1.29 is 41.0 Å². The van der Waals surface area contributed by atoms with E-state index in [1.165, 1.54) is 0 Å². The first kappa shape index (κ1) is 19.3. The third-order valence-corrected chi connectivity index (χ3v) is 3.17. The number of benzene rings is 1. The van der Waals surface area contributed by atoms with Gasteiger partial charge in [0.2, 0.25) is 0 Å². The number of halogens is 6. The van der Waals surface area contributed by atoms with Crippen LogP contribution in [0.3, 0.4) is 0 Å².